The molecule has 0 saturated heterocycles. The van der Waals surface area contributed by atoms with Crippen molar-refractivity contribution in [3.63, 3.8) is 0 Å². The van der Waals surface area contributed by atoms with E-state index in [1.54, 1.807) is 12.4 Å². The predicted molar refractivity (Wildman–Crippen MR) is 78.3 cm³/mol. The zero-order chi connectivity index (χ0) is 13.1. The fourth-order valence-corrected chi connectivity index (χ4v) is 2.18. The molecule has 1 aromatic carbocycles. The van der Waals surface area contributed by atoms with Gasteiger partial charge in [0.15, 0.2) is 0 Å². The molecule has 0 aliphatic heterocycles. The Morgan fingerprint density at radius 2 is 1.65 bits per heavy atom. The first-order valence-corrected chi connectivity index (χ1v) is 6.30. The van der Waals surface area contributed by atoms with Crippen LogP contribution in [-0.2, 0) is 7.05 Å². The summed E-state index contributed by atoms with van der Waals surface area (Å²) >= 11 is 0. The van der Waals surface area contributed by atoms with Gasteiger partial charge in [-0.15, -0.1) is 0 Å². The highest BCUT2D eigenvalue weighted by Gasteiger charge is 2.07. The van der Waals surface area contributed by atoms with Crippen LogP contribution >= 0.6 is 0 Å². The van der Waals surface area contributed by atoms with E-state index >= 15 is 0 Å². The lowest BCUT2D eigenvalue weighted by molar-refractivity contribution is -0.646. The standard InChI is InChI=1S/C17H15N2.HI/c1-19-16(8-6-14-10-12-18-13-11-14)9-7-15-4-2-3-5-17(15)19;/h2-13H,1H3;1H/q+1;/p-1/b8-6+;. The highest BCUT2D eigenvalue weighted by atomic mass is 127. The van der Waals surface area contributed by atoms with Crippen molar-refractivity contribution in [2.24, 2.45) is 7.05 Å². The van der Waals surface area contributed by atoms with Crippen LogP contribution in [0.4, 0.5) is 0 Å². The molecule has 3 rings (SSSR count). The quantitative estimate of drug-likeness (QED) is 0.464. The van der Waals surface area contributed by atoms with Crippen LogP contribution in [0.2, 0.25) is 0 Å². The Balaban J connectivity index is 0.00000147. The van der Waals surface area contributed by atoms with E-state index in [-0.39, 0.29) is 24.0 Å². The molecule has 0 spiro atoms. The molecule has 0 atom stereocenters. The van der Waals surface area contributed by atoms with Crippen molar-refractivity contribution in [1.29, 1.82) is 0 Å². The van der Waals surface area contributed by atoms with Gasteiger partial charge in [-0.1, -0.05) is 12.1 Å². The molecule has 0 N–H and O–H groups in total. The second-order valence-corrected chi connectivity index (χ2v) is 4.49. The summed E-state index contributed by atoms with van der Waals surface area (Å²) in [7, 11) is 2.09. The number of nitrogens with zero attached hydrogens (tertiary/aromatic N) is 2. The van der Waals surface area contributed by atoms with E-state index < -0.39 is 0 Å². The van der Waals surface area contributed by atoms with Gasteiger partial charge in [-0.3, -0.25) is 4.98 Å². The Morgan fingerprint density at radius 3 is 2.45 bits per heavy atom. The molecular formula is C17H15IN2. The molecule has 0 amide bonds. The van der Waals surface area contributed by atoms with Crippen molar-refractivity contribution >= 4 is 23.1 Å². The lowest BCUT2D eigenvalue weighted by Crippen LogP contribution is -3.00. The molecule has 2 aromatic heterocycles. The average Bonchev–Trinajstić information content (AvgIpc) is 2.48. The maximum atomic E-state index is 4.02. The third-order valence-corrected chi connectivity index (χ3v) is 3.27. The highest BCUT2D eigenvalue weighted by molar-refractivity contribution is 5.77. The van der Waals surface area contributed by atoms with E-state index in [0.717, 1.165) is 5.56 Å². The molecular weight excluding hydrogens is 359 g/mol. The van der Waals surface area contributed by atoms with Crippen molar-refractivity contribution in [3.8, 4) is 0 Å². The van der Waals surface area contributed by atoms with Crippen LogP contribution in [0.5, 0.6) is 0 Å². The summed E-state index contributed by atoms with van der Waals surface area (Å²) in [4.78, 5) is 4.02. The fourth-order valence-electron chi connectivity index (χ4n) is 2.18. The Labute approximate surface area is 135 Å². The SMILES string of the molecule is C[n+]1c(/C=C/c2ccncc2)ccc2ccccc21.[I-]. The van der Waals surface area contributed by atoms with Gasteiger partial charge in [-0.25, -0.2) is 0 Å². The Kier molecular flexibility index (Phi) is 4.84. The molecule has 0 saturated carbocycles. The van der Waals surface area contributed by atoms with E-state index in [4.69, 9.17) is 0 Å². The molecule has 3 heteroatoms. The Morgan fingerprint density at radius 1 is 0.900 bits per heavy atom. The van der Waals surface area contributed by atoms with Crippen molar-refractivity contribution in [3.05, 3.63) is 72.2 Å². The zero-order valence-corrected chi connectivity index (χ0v) is 13.4. The summed E-state index contributed by atoms with van der Waals surface area (Å²) in [6, 6.07) is 16.7. The van der Waals surface area contributed by atoms with E-state index in [2.05, 4.69) is 65.1 Å². The summed E-state index contributed by atoms with van der Waals surface area (Å²) in [5, 5.41) is 1.26. The van der Waals surface area contributed by atoms with Crippen LogP contribution in [0.25, 0.3) is 23.1 Å². The Hall–Kier alpha value is -1.75. The first kappa shape index (κ1) is 14.7. The first-order valence-electron chi connectivity index (χ1n) is 6.30. The van der Waals surface area contributed by atoms with Crippen molar-refractivity contribution in [2.45, 2.75) is 0 Å². The molecule has 0 radical (unpaired) electrons. The molecule has 2 nitrogen and oxygen atoms in total. The number of rotatable bonds is 2. The van der Waals surface area contributed by atoms with Crippen molar-refractivity contribution in [1.82, 2.24) is 4.98 Å². The van der Waals surface area contributed by atoms with Crippen LogP contribution in [0.3, 0.4) is 0 Å². The number of hydrogen-bond donors (Lipinski definition) is 0. The monoisotopic (exact) mass is 374 g/mol. The topological polar surface area (TPSA) is 16.8 Å². The van der Waals surface area contributed by atoms with E-state index in [0.29, 0.717) is 0 Å². The maximum Gasteiger partial charge on any atom is 0.212 e. The third-order valence-electron chi connectivity index (χ3n) is 3.27. The van der Waals surface area contributed by atoms with Crippen molar-refractivity contribution < 1.29 is 28.5 Å². The smallest absolute Gasteiger partial charge is 0.212 e. The molecule has 100 valence electrons. The lowest BCUT2D eigenvalue weighted by atomic mass is 10.1. The van der Waals surface area contributed by atoms with Crippen LogP contribution in [0.15, 0.2) is 60.9 Å². The second kappa shape index (κ2) is 6.61. The third kappa shape index (κ3) is 3.04. The number of pyridine rings is 2. The first-order chi connectivity index (χ1) is 9.34. The van der Waals surface area contributed by atoms with Gasteiger partial charge in [0.25, 0.3) is 0 Å². The number of halogens is 1. The summed E-state index contributed by atoms with van der Waals surface area (Å²) < 4.78 is 2.20. The van der Waals surface area contributed by atoms with Gasteiger partial charge in [0.2, 0.25) is 11.2 Å². The Bertz CT molecular complexity index is 736. The van der Waals surface area contributed by atoms with Gasteiger partial charge in [-0.2, -0.15) is 4.57 Å². The van der Waals surface area contributed by atoms with E-state index in [9.17, 15) is 0 Å². The molecule has 0 aliphatic rings. The van der Waals surface area contributed by atoms with Gasteiger partial charge in [0.1, 0.15) is 7.05 Å². The van der Waals surface area contributed by atoms with E-state index in [1.807, 2.05) is 12.1 Å². The molecule has 0 fully saturated rings. The lowest BCUT2D eigenvalue weighted by Gasteiger charge is -1.99. The van der Waals surface area contributed by atoms with Crippen molar-refractivity contribution in [2.75, 3.05) is 0 Å². The number of aromatic nitrogens is 2. The van der Waals surface area contributed by atoms with Crippen LogP contribution in [0.1, 0.15) is 11.3 Å². The average molecular weight is 374 g/mol. The molecule has 0 aliphatic carbocycles. The van der Waals surface area contributed by atoms with Crippen LogP contribution in [0, 0.1) is 0 Å². The van der Waals surface area contributed by atoms with Gasteiger partial charge < -0.3 is 24.0 Å². The number of aryl methyl sites for hydroxylation is 1. The van der Waals surface area contributed by atoms with Gasteiger partial charge >= 0.3 is 0 Å². The largest absolute Gasteiger partial charge is 1.00 e. The fraction of sp³-hybridized carbons (Fsp3) is 0.0588. The highest BCUT2D eigenvalue weighted by Crippen LogP contribution is 2.11. The molecule has 0 bridgehead atoms. The predicted octanol–water partition coefficient (Wildman–Crippen LogP) is 0.234. The number of benzene rings is 1. The van der Waals surface area contributed by atoms with Crippen LogP contribution < -0.4 is 28.5 Å². The number of hydrogen-bond acceptors (Lipinski definition) is 1. The molecule has 20 heavy (non-hydrogen) atoms. The minimum absolute atomic E-state index is 0. The second-order valence-electron chi connectivity index (χ2n) is 4.49. The summed E-state index contributed by atoms with van der Waals surface area (Å²) in [5.41, 5.74) is 3.57. The summed E-state index contributed by atoms with van der Waals surface area (Å²) in [5.74, 6) is 0. The van der Waals surface area contributed by atoms with Gasteiger partial charge in [0.05, 0.1) is 0 Å². The minimum atomic E-state index is 0. The molecule has 0 unspecified atom stereocenters. The maximum absolute atomic E-state index is 4.02. The minimum Gasteiger partial charge on any atom is -1.00 e. The number of fused-ring (bicyclic) bond motifs is 1. The number of para-hydroxylation sites is 1. The van der Waals surface area contributed by atoms with Crippen LogP contribution in [-0.4, -0.2) is 4.98 Å². The summed E-state index contributed by atoms with van der Waals surface area (Å²) in [6.45, 7) is 0. The molecule has 3 aromatic rings. The molecule has 2 heterocycles. The normalized spacial score (nSPS) is 10.7. The summed E-state index contributed by atoms with van der Waals surface area (Å²) in [6.07, 6.45) is 7.84. The van der Waals surface area contributed by atoms with Gasteiger partial charge in [-0.05, 0) is 35.9 Å². The van der Waals surface area contributed by atoms with Gasteiger partial charge in [0, 0.05) is 36.0 Å². The zero-order valence-electron chi connectivity index (χ0n) is 11.2. The van der Waals surface area contributed by atoms with E-state index in [1.165, 1.54) is 16.6 Å².